The first-order chi connectivity index (χ1) is 7.84. The molecule has 0 aliphatic rings. The van der Waals surface area contributed by atoms with Gasteiger partial charge in [-0.25, -0.2) is 4.98 Å². The number of hydrogen-bond donors (Lipinski definition) is 0. The van der Waals surface area contributed by atoms with E-state index in [1.165, 1.54) is 0 Å². The van der Waals surface area contributed by atoms with Crippen molar-refractivity contribution in [2.45, 2.75) is 0 Å². The van der Waals surface area contributed by atoms with Gasteiger partial charge in [0, 0.05) is 10.2 Å². The molecule has 0 amide bonds. The van der Waals surface area contributed by atoms with Crippen LogP contribution in [0, 0.1) is 6.33 Å². The molecule has 3 aromatic rings. The SMILES string of the molecule is Brc1ccc(-n2[c]nc3ccccc32)cc1. The highest BCUT2D eigenvalue weighted by atomic mass is 79.9. The zero-order valence-corrected chi connectivity index (χ0v) is 9.98. The zero-order chi connectivity index (χ0) is 11.0. The lowest BCUT2D eigenvalue weighted by atomic mass is 10.3. The highest BCUT2D eigenvalue weighted by Gasteiger charge is 2.03. The number of benzene rings is 2. The molecule has 3 heteroatoms. The second-order valence-corrected chi connectivity index (χ2v) is 4.43. The van der Waals surface area contributed by atoms with Gasteiger partial charge in [0.25, 0.3) is 0 Å². The Balaban J connectivity index is 2.22. The molecule has 0 N–H and O–H groups in total. The lowest BCUT2D eigenvalue weighted by Gasteiger charge is -2.03. The van der Waals surface area contributed by atoms with Crippen molar-refractivity contribution in [3.05, 3.63) is 59.3 Å². The minimum absolute atomic E-state index is 0.963. The largest absolute Gasteiger partial charge is 0.290 e. The number of fused-ring (bicyclic) bond motifs is 1. The van der Waals surface area contributed by atoms with E-state index in [0.717, 1.165) is 21.2 Å². The first-order valence-electron chi connectivity index (χ1n) is 4.96. The quantitative estimate of drug-likeness (QED) is 0.662. The van der Waals surface area contributed by atoms with Crippen LogP contribution in [0.15, 0.2) is 53.0 Å². The molecular weight excluding hydrogens is 264 g/mol. The Kier molecular flexibility index (Phi) is 2.26. The topological polar surface area (TPSA) is 17.8 Å². The van der Waals surface area contributed by atoms with Gasteiger partial charge >= 0.3 is 0 Å². The van der Waals surface area contributed by atoms with Crippen LogP contribution in [0.2, 0.25) is 0 Å². The highest BCUT2D eigenvalue weighted by molar-refractivity contribution is 9.10. The van der Waals surface area contributed by atoms with E-state index in [1.807, 2.05) is 53.1 Å². The maximum absolute atomic E-state index is 4.24. The Morgan fingerprint density at radius 2 is 1.75 bits per heavy atom. The average molecular weight is 272 g/mol. The molecule has 0 saturated carbocycles. The van der Waals surface area contributed by atoms with Crippen molar-refractivity contribution < 1.29 is 0 Å². The molecule has 1 heterocycles. The third kappa shape index (κ3) is 1.53. The molecular formula is C13H8BrN2. The fourth-order valence-corrected chi connectivity index (χ4v) is 1.96. The molecule has 1 aromatic heterocycles. The lowest BCUT2D eigenvalue weighted by molar-refractivity contribution is 1.08. The number of rotatable bonds is 1. The van der Waals surface area contributed by atoms with Gasteiger partial charge in [-0.2, -0.15) is 0 Å². The number of halogens is 1. The van der Waals surface area contributed by atoms with E-state index in [2.05, 4.69) is 27.2 Å². The molecule has 2 nitrogen and oxygen atoms in total. The van der Waals surface area contributed by atoms with Gasteiger partial charge in [-0.3, -0.25) is 4.57 Å². The molecule has 0 atom stereocenters. The van der Waals surface area contributed by atoms with E-state index in [1.54, 1.807) is 0 Å². The smallest absolute Gasteiger partial charge is 0.182 e. The van der Waals surface area contributed by atoms with Gasteiger partial charge in [-0.15, -0.1) is 0 Å². The Bertz CT molecular complexity index is 626. The number of imidazole rings is 1. The third-order valence-electron chi connectivity index (χ3n) is 2.48. The van der Waals surface area contributed by atoms with Crippen molar-refractivity contribution in [1.82, 2.24) is 9.55 Å². The van der Waals surface area contributed by atoms with Crippen molar-refractivity contribution in [3.8, 4) is 5.69 Å². The van der Waals surface area contributed by atoms with Gasteiger partial charge in [0.15, 0.2) is 6.33 Å². The minimum atomic E-state index is 0.963. The van der Waals surface area contributed by atoms with Gasteiger partial charge in [-0.1, -0.05) is 28.1 Å². The van der Waals surface area contributed by atoms with Crippen molar-refractivity contribution in [1.29, 1.82) is 0 Å². The summed E-state index contributed by atoms with van der Waals surface area (Å²) in [5.41, 5.74) is 3.10. The Labute approximate surface area is 102 Å². The van der Waals surface area contributed by atoms with Crippen LogP contribution in [0.4, 0.5) is 0 Å². The number of hydrogen-bond acceptors (Lipinski definition) is 1. The summed E-state index contributed by atoms with van der Waals surface area (Å²) in [6.07, 6.45) is 3.00. The van der Waals surface area contributed by atoms with E-state index in [0.29, 0.717) is 0 Å². The Hall–Kier alpha value is -1.61. The normalized spacial score (nSPS) is 10.8. The summed E-state index contributed by atoms with van der Waals surface area (Å²) in [6.45, 7) is 0. The van der Waals surface area contributed by atoms with Gasteiger partial charge in [0.2, 0.25) is 0 Å². The Morgan fingerprint density at radius 3 is 2.56 bits per heavy atom. The molecule has 0 saturated heterocycles. The highest BCUT2D eigenvalue weighted by Crippen LogP contribution is 2.19. The lowest BCUT2D eigenvalue weighted by Crippen LogP contribution is -1.91. The van der Waals surface area contributed by atoms with E-state index >= 15 is 0 Å². The first kappa shape index (κ1) is 9.60. The summed E-state index contributed by atoms with van der Waals surface area (Å²) in [4.78, 5) is 4.24. The molecule has 3 rings (SSSR count). The van der Waals surface area contributed by atoms with Gasteiger partial charge in [0.05, 0.1) is 11.0 Å². The third-order valence-corrected chi connectivity index (χ3v) is 3.01. The minimum Gasteiger partial charge on any atom is -0.290 e. The average Bonchev–Trinajstić information content (AvgIpc) is 2.74. The molecule has 0 aliphatic heterocycles. The molecule has 0 fully saturated rings. The van der Waals surface area contributed by atoms with Crippen LogP contribution in [0.25, 0.3) is 16.7 Å². The monoisotopic (exact) mass is 271 g/mol. The second-order valence-electron chi connectivity index (χ2n) is 3.51. The number of nitrogens with zero attached hydrogens (tertiary/aromatic N) is 2. The Morgan fingerprint density at radius 1 is 1.00 bits per heavy atom. The van der Waals surface area contributed by atoms with Crippen molar-refractivity contribution in [3.63, 3.8) is 0 Å². The summed E-state index contributed by atoms with van der Waals surface area (Å²) < 4.78 is 3.03. The molecule has 1 radical (unpaired) electrons. The van der Waals surface area contributed by atoms with Crippen molar-refractivity contribution in [2.24, 2.45) is 0 Å². The van der Waals surface area contributed by atoms with E-state index in [4.69, 9.17) is 0 Å². The van der Waals surface area contributed by atoms with Crippen molar-refractivity contribution >= 4 is 27.0 Å². The molecule has 0 bridgehead atoms. The molecule has 0 unspecified atom stereocenters. The van der Waals surface area contributed by atoms with Gasteiger partial charge in [0.1, 0.15) is 0 Å². The van der Waals surface area contributed by atoms with E-state index < -0.39 is 0 Å². The maximum Gasteiger partial charge on any atom is 0.182 e. The summed E-state index contributed by atoms with van der Waals surface area (Å²) in [7, 11) is 0. The predicted molar refractivity (Wildman–Crippen MR) is 67.6 cm³/mol. The van der Waals surface area contributed by atoms with Crippen LogP contribution in [0.1, 0.15) is 0 Å². The number of para-hydroxylation sites is 2. The fraction of sp³-hybridized carbons (Fsp3) is 0. The van der Waals surface area contributed by atoms with Crippen LogP contribution < -0.4 is 0 Å². The standard InChI is InChI=1S/C13H8BrN2/c14-10-5-7-11(8-6-10)16-9-15-12-3-1-2-4-13(12)16/h1-8H. The molecule has 77 valence electrons. The fourth-order valence-electron chi connectivity index (χ4n) is 1.69. The van der Waals surface area contributed by atoms with E-state index in [9.17, 15) is 0 Å². The second kappa shape index (κ2) is 3.76. The molecule has 2 aromatic carbocycles. The predicted octanol–water partition coefficient (Wildman–Crippen LogP) is 3.59. The van der Waals surface area contributed by atoms with Crippen LogP contribution >= 0.6 is 15.9 Å². The summed E-state index contributed by atoms with van der Waals surface area (Å²) in [5, 5.41) is 0. The van der Waals surface area contributed by atoms with Crippen LogP contribution in [0.5, 0.6) is 0 Å². The molecule has 0 aliphatic carbocycles. The van der Waals surface area contributed by atoms with Crippen LogP contribution in [-0.4, -0.2) is 9.55 Å². The van der Waals surface area contributed by atoms with Crippen molar-refractivity contribution in [2.75, 3.05) is 0 Å². The van der Waals surface area contributed by atoms with Crippen LogP contribution in [-0.2, 0) is 0 Å². The molecule has 0 spiro atoms. The summed E-state index contributed by atoms with van der Waals surface area (Å²) in [5.74, 6) is 0. The first-order valence-corrected chi connectivity index (χ1v) is 5.75. The zero-order valence-electron chi connectivity index (χ0n) is 8.39. The van der Waals surface area contributed by atoms with Crippen LogP contribution in [0.3, 0.4) is 0 Å². The van der Waals surface area contributed by atoms with E-state index in [-0.39, 0.29) is 0 Å². The van der Waals surface area contributed by atoms with Gasteiger partial charge < -0.3 is 0 Å². The summed E-state index contributed by atoms with van der Waals surface area (Å²) in [6, 6.07) is 16.1. The van der Waals surface area contributed by atoms with Gasteiger partial charge in [-0.05, 0) is 36.4 Å². The molecule has 16 heavy (non-hydrogen) atoms. The number of aromatic nitrogens is 2. The summed E-state index contributed by atoms with van der Waals surface area (Å²) >= 11 is 3.42. The maximum atomic E-state index is 4.24.